The van der Waals surface area contributed by atoms with Crippen LogP contribution in [0.1, 0.15) is 33.1 Å². The minimum Gasteiger partial charge on any atom is -0.496 e. The van der Waals surface area contributed by atoms with Crippen LogP contribution in [0.4, 0.5) is 0 Å². The molecule has 1 heterocycles. The van der Waals surface area contributed by atoms with Gasteiger partial charge in [-0.25, -0.2) is 13.6 Å². The molecule has 0 saturated carbocycles. The number of benzene rings is 1. The van der Waals surface area contributed by atoms with Crippen molar-refractivity contribution in [2.24, 2.45) is 5.14 Å². The zero-order valence-corrected chi connectivity index (χ0v) is 15.7. The molecule has 0 aliphatic heterocycles. The lowest BCUT2D eigenvalue weighted by atomic mass is 10.1. The molecule has 1 aromatic heterocycles. The highest BCUT2D eigenvalue weighted by atomic mass is 35.5. The molecule has 1 unspecified atom stereocenters. The Labute approximate surface area is 149 Å². The second-order valence-electron chi connectivity index (χ2n) is 5.15. The molecule has 1 aromatic carbocycles. The van der Waals surface area contributed by atoms with Crippen molar-refractivity contribution in [3.8, 4) is 5.75 Å². The fourth-order valence-corrected chi connectivity index (χ4v) is 4.52. The number of primary sulfonamides is 1. The topological polar surface area (TPSA) is 98.5 Å². The summed E-state index contributed by atoms with van der Waals surface area (Å²) in [5, 5.41) is 8.40. The number of hydrogen-bond donors (Lipinski definition) is 2. The summed E-state index contributed by atoms with van der Waals surface area (Å²) >= 11 is 7.20. The molecular formula is C15H17ClN2O4S2. The van der Waals surface area contributed by atoms with E-state index >= 15 is 0 Å². The lowest BCUT2D eigenvalue weighted by Gasteiger charge is -2.14. The van der Waals surface area contributed by atoms with Crippen molar-refractivity contribution in [2.45, 2.75) is 24.8 Å². The number of ether oxygens (including phenoxy) is 1. The molecule has 0 radical (unpaired) electrons. The van der Waals surface area contributed by atoms with Gasteiger partial charge in [0.1, 0.15) is 5.75 Å². The Balaban J connectivity index is 2.26. The first kappa shape index (κ1) is 18.7. The van der Waals surface area contributed by atoms with E-state index in [2.05, 4.69) is 5.32 Å². The summed E-state index contributed by atoms with van der Waals surface area (Å²) in [6, 6.07) is 5.83. The smallest absolute Gasteiger partial charge is 0.255 e. The molecule has 0 fully saturated rings. The minimum absolute atomic E-state index is 0.0731. The maximum Gasteiger partial charge on any atom is 0.255 e. The van der Waals surface area contributed by atoms with Crippen LogP contribution in [-0.2, 0) is 10.0 Å². The van der Waals surface area contributed by atoms with Gasteiger partial charge in [-0.15, -0.1) is 11.3 Å². The predicted molar refractivity (Wildman–Crippen MR) is 94.3 cm³/mol. The number of thiophene rings is 1. The Morgan fingerprint density at radius 2 is 2.04 bits per heavy atom. The van der Waals surface area contributed by atoms with Gasteiger partial charge in [0.2, 0.25) is 10.0 Å². The van der Waals surface area contributed by atoms with Gasteiger partial charge in [-0.05, 0) is 38.1 Å². The predicted octanol–water partition coefficient (Wildman–Crippen LogP) is 2.86. The maximum atomic E-state index is 12.5. The van der Waals surface area contributed by atoms with Gasteiger partial charge in [-0.3, -0.25) is 4.79 Å². The number of sulfonamides is 1. The lowest BCUT2D eigenvalue weighted by Crippen LogP contribution is -2.26. The van der Waals surface area contributed by atoms with Crippen molar-refractivity contribution in [1.29, 1.82) is 0 Å². The standard InChI is InChI=1S/C15H17ClN2O4S2/c1-8(13-7-14(9(2)23-13)24(17,20)21)18-15(19)11-6-10(16)4-5-12(11)22-3/h4-8H,1-3H3,(H,18,19)(H2,17,20,21). The molecular weight excluding hydrogens is 372 g/mol. The summed E-state index contributed by atoms with van der Waals surface area (Å²) in [6.07, 6.45) is 0. The van der Waals surface area contributed by atoms with Crippen LogP contribution in [0, 0.1) is 6.92 Å². The van der Waals surface area contributed by atoms with E-state index in [9.17, 15) is 13.2 Å². The molecule has 2 aromatic rings. The van der Waals surface area contributed by atoms with Crippen LogP contribution in [0.15, 0.2) is 29.2 Å². The van der Waals surface area contributed by atoms with Crippen molar-refractivity contribution in [3.63, 3.8) is 0 Å². The summed E-state index contributed by atoms with van der Waals surface area (Å²) in [5.74, 6) is 0.0294. The molecule has 0 aliphatic rings. The molecule has 2 rings (SSSR count). The molecule has 24 heavy (non-hydrogen) atoms. The molecule has 6 nitrogen and oxygen atoms in total. The van der Waals surface area contributed by atoms with Crippen LogP contribution in [0.25, 0.3) is 0 Å². The van der Waals surface area contributed by atoms with Gasteiger partial charge in [0, 0.05) is 14.8 Å². The third-order valence-electron chi connectivity index (χ3n) is 3.38. The highest BCUT2D eigenvalue weighted by molar-refractivity contribution is 7.89. The summed E-state index contributed by atoms with van der Waals surface area (Å²) in [5.41, 5.74) is 0.303. The second-order valence-corrected chi connectivity index (χ2v) is 8.41. The molecule has 1 amide bonds. The molecule has 9 heteroatoms. The van der Waals surface area contributed by atoms with Crippen molar-refractivity contribution in [2.75, 3.05) is 7.11 Å². The Morgan fingerprint density at radius 3 is 2.58 bits per heavy atom. The lowest BCUT2D eigenvalue weighted by molar-refractivity contribution is 0.0937. The first-order valence-electron chi connectivity index (χ1n) is 6.91. The van der Waals surface area contributed by atoms with E-state index in [1.165, 1.54) is 30.6 Å². The Hall–Kier alpha value is -1.61. The molecule has 0 aliphatic carbocycles. The van der Waals surface area contributed by atoms with Crippen LogP contribution in [0.2, 0.25) is 5.02 Å². The van der Waals surface area contributed by atoms with E-state index in [0.717, 1.165) is 0 Å². The summed E-state index contributed by atoms with van der Waals surface area (Å²) in [4.78, 5) is 13.8. The molecule has 3 N–H and O–H groups in total. The third kappa shape index (κ3) is 4.07. The molecule has 130 valence electrons. The summed E-state index contributed by atoms with van der Waals surface area (Å²) in [7, 11) is -2.32. The van der Waals surface area contributed by atoms with Gasteiger partial charge in [0.15, 0.2) is 0 Å². The Morgan fingerprint density at radius 1 is 1.38 bits per heavy atom. The number of carbonyl (C=O) groups excluding carboxylic acids is 1. The normalized spacial score (nSPS) is 12.7. The van der Waals surface area contributed by atoms with Gasteiger partial charge >= 0.3 is 0 Å². The quantitative estimate of drug-likeness (QED) is 0.822. The van der Waals surface area contributed by atoms with Gasteiger partial charge in [-0.2, -0.15) is 0 Å². The van der Waals surface area contributed by atoms with Crippen LogP contribution in [0.5, 0.6) is 5.75 Å². The fourth-order valence-electron chi connectivity index (χ4n) is 2.19. The molecule has 0 bridgehead atoms. The summed E-state index contributed by atoms with van der Waals surface area (Å²) < 4.78 is 28.2. The largest absolute Gasteiger partial charge is 0.496 e. The van der Waals surface area contributed by atoms with E-state index in [-0.39, 0.29) is 10.8 Å². The number of carbonyl (C=O) groups is 1. The van der Waals surface area contributed by atoms with E-state index in [4.69, 9.17) is 21.5 Å². The van der Waals surface area contributed by atoms with E-state index in [1.807, 2.05) is 0 Å². The zero-order valence-electron chi connectivity index (χ0n) is 13.3. The number of amides is 1. The SMILES string of the molecule is COc1ccc(Cl)cc1C(=O)NC(C)c1cc(S(N)(=O)=O)c(C)s1. The van der Waals surface area contributed by atoms with E-state index < -0.39 is 16.1 Å². The second kappa shape index (κ2) is 7.10. The number of hydrogen-bond acceptors (Lipinski definition) is 5. The van der Waals surface area contributed by atoms with Gasteiger partial charge in [0.25, 0.3) is 5.91 Å². The minimum atomic E-state index is -3.78. The average Bonchev–Trinajstić information content (AvgIpc) is 2.89. The van der Waals surface area contributed by atoms with Crippen LogP contribution < -0.4 is 15.2 Å². The van der Waals surface area contributed by atoms with Crippen molar-refractivity contribution < 1.29 is 17.9 Å². The number of nitrogens with one attached hydrogen (secondary N) is 1. The maximum absolute atomic E-state index is 12.5. The first-order valence-corrected chi connectivity index (χ1v) is 9.65. The van der Waals surface area contributed by atoms with Crippen molar-refractivity contribution >= 4 is 38.9 Å². The van der Waals surface area contributed by atoms with E-state index in [1.54, 1.807) is 26.0 Å². The third-order valence-corrected chi connectivity index (χ3v) is 6.01. The number of halogens is 1. The van der Waals surface area contributed by atoms with Gasteiger partial charge < -0.3 is 10.1 Å². The summed E-state index contributed by atoms with van der Waals surface area (Å²) in [6.45, 7) is 3.43. The fraction of sp³-hybridized carbons (Fsp3) is 0.267. The highest BCUT2D eigenvalue weighted by Crippen LogP contribution is 2.30. The van der Waals surface area contributed by atoms with Crippen LogP contribution in [-0.4, -0.2) is 21.4 Å². The number of nitrogens with two attached hydrogens (primary N) is 1. The first-order chi connectivity index (χ1) is 11.1. The number of rotatable bonds is 5. The zero-order chi connectivity index (χ0) is 18.1. The van der Waals surface area contributed by atoms with E-state index in [0.29, 0.717) is 26.1 Å². The highest BCUT2D eigenvalue weighted by Gasteiger charge is 2.21. The van der Waals surface area contributed by atoms with Gasteiger partial charge in [0.05, 0.1) is 23.6 Å². The Bertz CT molecular complexity index is 878. The number of methoxy groups -OCH3 is 1. The average molecular weight is 389 g/mol. The van der Waals surface area contributed by atoms with Crippen LogP contribution in [0.3, 0.4) is 0 Å². The molecule has 0 saturated heterocycles. The molecule has 1 atom stereocenters. The van der Waals surface area contributed by atoms with Crippen molar-refractivity contribution in [1.82, 2.24) is 5.32 Å². The Kier molecular flexibility index (Phi) is 5.54. The van der Waals surface area contributed by atoms with Gasteiger partial charge in [-0.1, -0.05) is 11.6 Å². The molecule has 0 spiro atoms. The van der Waals surface area contributed by atoms with Crippen molar-refractivity contribution in [3.05, 3.63) is 44.6 Å². The van der Waals surface area contributed by atoms with Crippen LogP contribution >= 0.6 is 22.9 Å². The monoisotopic (exact) mass is 388 g/mol. The number of aryl methyl sites for hydroxylation is 1.